The van der Waals surface area contributed by atoms with E-state index in [9.17, 15) is 4.79 Å². The van der Waals surface area contributed by atoms with Gasteiger partial charge in [-0.25, -0.2) is 4.98 Å². The molecule has 1 rings (SSSR count). The number of aryl methyl sites for hydroxylation is 1. The Morgan fingerprint density at radius 3 is 3.00 bits per heavy atom. The Labute approximate surface area is 65.0 Å². The molecule has 0 amide bonds. The van der Waals surface area contributed by atoms with Gasteiger partial charge < -0.3 is 10.3 Å². The van der Waals surface area contributed by atoms with Gasteiger partial charge in [0.2, 0.25) is 0 Å². The number of imidazole rings is 1. The maximum atomic E-state index is 11.1. The molecule has 0 aliphatic heterocycles. The Balaban J connectivity index is 2.69. The summed E-state index contributed by atoms with van der Waals surface area (Å²) in [5.74, 6) is 0.00750. The Kier molecular flexibility index (Phi) is 2.38. The zero-order valence-electron chi connectivity index (χ0n) is 6.45. The van der Waals surface area contributed by atoms with Crippen molar-refractivity contribution in [3.05, 3.63) is 18.2 Å². The van der Waals surface area contributed by atoms with Crippen LogP contribution >= 0.6 is 0 Å². The molecule has 0 saturated carbocycles. The standard InChI is InChI=1S/C7H11N3O/c1-10-4-6(9-5-10)7(11)2-3-8/h4-5H,2-3,8H2,1H3. The van der Waals surface area contributed by atoms with Crippen LogP contribution in [0.2, 0.25) is 0 Å². The number of rotatable bonds is 3. The van der Waals surface area contributed by atoms with Crippen molar-refractivity contribution in [2.24, 2.45) is 12.8 Å². The topological polar surface area (TPSA) is 60.9 Å². The van der Waals surface area contributed by atoms with Gasteiger partial charge in [0.05, 0.1) is 6.33 Å². The number of carbonyl (C=O) groups excluding carboxylic acids is 1. The Morgan fingerprint density at radius 1 is 1.82 bits per heavy atom. The highest BCUT2D eigenvalue weighted by Crippen LogP contribution is 1.97. The van der Waals surface area contributed by atoms with Crippen LogP contribution in [0.25, 0.3) is 0 Å². The molecule has 60 valence electrons. The highest BCUT2D eigenvalue weighted by atomic mass is 16.1. The molecule has 2 N–H and O–H groups in total. The molecule has 11 heavy (non-hydrogen) atoms. The molecule has 0 fully saturated rings. The van der Waals surface area contributed by atoms with Crippen LogP contribution in [0.15, 0.2) is 12.5 Å². The molecule has 0 bridgehead atoms. The first-order valence-electron chi connectivity index (χ1n) is 3.45. The summed E-state index contributed by atoms with van der Waals surface area (Å²) in [6.45, 7) is 0.384. The third-order valence-corrected chi connectivity index (χ3v) is 1.36. The third-order valence-electron chi connectivity index (χ3n) is 1.36. The molecule has 0 radical (unpaired) electrons. The molecule has 1 aromatic rings. The fourth-order valence-electron chi connectivity index (χ4n) is 0.816. The highest BCUT2D eigenvalue weighted by molar-refractivity contribution is 5.94. The van der Waals surface area contributed by atoms with Crippen LogP contribution in [-0.4, -0.2) is 21.9 Å². The first-order chi connectivity index (χ1) is 5.24. The monoisotopic (exact) mass is 153 g/mol. The van der Waals surface area contributed by atoms with Gasteiger partial charge in [-0.3, -0.25) is 4.79 Å². The summed E-state index contributed by atoms with van der Waals surface area (Å²) in [7, 11) is 1.83. The molecular weight excluding hydrogens is 142 g/mol. The van der Waals surface area contributed by atoms with Crippen LogP contribution in [0.1, 0.15) is 16.9 Å². The largest absolute Gasteiger partial charge is 0.340 e. The average molecular weight is 153 g/mol. The second-order valence-corrected chi connectivity index (χ2v) is 2.39. The minimum absolute atomic E-state index is 0.00750. The van der Waals surface area contributed by atoms with Crippen LogP contribution in [0.5, 0.6) is 0 Å². The first kappa shape index (κ1) is 7.94. The van der Waals surface area contributed by atoms with Crippen molar-refractivity contribution in [1.29, 1.82) is 0 Å². The molecule has 1 heterocycles. The molecule has 1 aromatic heterocycles. The average Bonchev–Trinajstić information content (AvgIpc) is 2.36. The van der Waals surface area contributed by atoms with E-state index < -0.39 is 0 Å². The van der Waals surface area contributed by atoms with Crippen LogP contribution < -0.4 is 5.73 Å². The van der Waals surface area contributed by atoms with Gasteiger partial charge >= 0.3 is 0 Å². The quantitative estimate of drug-likeness (QED) is 0.619. The summed E-state index contributed by atoms with van der Waals surface area (Å²) < 4.78 is 1.74. The molecule has 0 atom stereocenters. The fourth-order valence-corrected chi connectivity index (χ4v) is 0.816. The molecule has 0 unspecified atom stereocenters. The predicted octanol–water partition coefficient (Wildman–Crippen LogP) is -0.0484. The second kappa shape index (κ2) is 3.30. The summed E-state index contributed by atoms with van der Waals surface area (Å²) in [6, 6.07) is 0. The number of hydrogen-bond donors (Lipinski definition) is 1. The van der Waals surface area contributed by atoms with E-state index in [1.807, 2.05) is 7.05 Å². The van der Waals surface area contributed by atoms with Gasteiger partial charge in [0.25, 0.3) is 0 Å². The summed E-state index contributed by atoms with van der Waals surface area (Å²) in [5, 5.41) is 0. The number of nitrogens with two attached hydrogens (primary N) is 1. The van der Waals surface area contributed by atoms with Crippen LogP contribution in [0.3, 0.4) is 0 Å². The molecule has 0 spiro atoms. The van der Waals surface area contributed by atoms with Gasteiger partial charge in [-0.15, -0.1) is 0 Å². The Bertz CT molecular complexity index is 254. The fraction of sp³-hybridized carbons (Fsp3) is 0.429. The van der Waals surface area contributed by atoms with Gasteiger partial charge in [0.15, 0.2) is 5.78 Å². The highest BCUT2D eigenvalue weighted by Gasteiger charge is 2.06. The minimum Gasteiger partial charge on any atom is -0.340 e. The van der Waals surface area contributed by atoms with E-state index in [1.54, 1.807) is 17.1 Å². The maximum absolute atomic E-state index is 11.1. The van der Waals surface area contributed by atoms with Crippen molar-refractivity contribution in [3.8, 4) is 0 Å². The molecular formula is C7H11N3O. The zero-order valence-corrected chi connectivity index (χ0v) is 6.45. The lowest BCUT2D eigenvalue weighted by Crippen LogP contribution is -2.08. The molecule has 0 aliphatic rings. The van der Waals surface area contributed by atoms with Crippen molar-refractivity contribution in [2.75, 3.05) is 6.54 Å². The van der Waals surface area contributed by atoms with Crippen molar-refractivity contribution < 1.29 is 4.79 Å². The summed E-state index contributed by atoms with van der Waals surface area (Å²) in [4.78, 5) is 15.0. The summed E-state index contributed by atoms with van der Waals surface area (Å²) >= 11 is 0. The van der Waals surface area contributed by atoms with Crippen LogP contribution in [0, 0.1) is 0 Å². The van der Waals surface area contributed by atoms with E-state index in [-0.39, 0.29) is 5.78 Å². The summed E-state index contributed by atoms with van der Waals surface area (Å²) in [6.07, 6.45) is 3.67. The van der Waals surface area contributed by atoms with Crippen molar-refractivity contribution in [1.82, 2.24) is 9.55 Å². The number of Topliss-reactive ketones (excluding diaryl/α,β-unsaturated/α-hetero) is 1. The molecule has 0 saturated heterocycles. The molecule has 4 heteroatoms. The van der Waals surface area contributed by atoms with E-state index in [2.05, 4.69) is 4.98 Å². The number of nitrogens with zero attached hydrogens (tertiary/aromatic N) is 2. The van der Waals surface area contributed by atoms with E-state index in [1.165, 1.54) is 0 Å². The van der Waals surface area contributed by atoms with Crippen molar-refractivity contribution in [2.45, 2.75) is 6.42 Å². The van der Waals surface area contributed by atoms with Crippen molar-refractivity contribution in [3.63, 3.8) is 0 Å². The smallest absolute Gasteiger partial charge is 0.184 e. The lowest BCUT2D eigenvalue weighted by Gasteiger charge is -1.90. The van der Waals surface area contributed by atoms with E-state index in [0.29, 0.717) is 18.7 Å². The normalized spacial score (nSPS) is 10.0. The number of aromatic nitrogens is 2. The molecule has 0 aliphatic carbocycles. The predicted molar refractivity (Wildman–Crippen MR) is 41.2 cm³/mol. The zero-order chi connectivity index (χ0) is 8.27. The molecule has 0 aromatic carbocycles. The van der Waals surface area contributed by atoms with E-state index in [4.69, 9.17) is 5.73 Å². The third kappa shape index (κ3) is 1.88. The second-order valence-electron chi connectivity index (χ2n) is 2.39. The SMILES string of the molecule is Cn1cnc(C(=O)CCN)c1. The summed E-state index contributed by atoms with van der Waals surface area (Å²) in [5.41, 5.74) is 5.72. The van der Waals surface area contributed by atoms with Gasteiger partial charge in [-0.05, 0) is 6.54 Å². The number of carbonyl (C=O) groups is 1. The Hall–Kier alpha value is -1.16. The number of ketones is 1. The van der Waals surface area contributed by atoms with Gasteiger partial charge in [-0.1, -0.05) is 0 Å². The lowest BCUT2D eigenvalue weighted by molar-refractivity contribution is 0.0981. The van der Waals surface area contributed by atoms with E-state index in [0.717, 1.165) is 0 Å². The van der Waals surface area contributed by atoms with Crippen LogP contribution in [-0.2, 0) is 7.05 Å². The van der Waals surface area contributed by atoms with Gasteiger partial charge in [0, 0.05) is 19.7 Å². The first-order valence-corrected chi connectivity index (χ1v) is 3.45. The van der Waals surface area contributed by atoms with E-state index >= 15 is 0 Å². The van der Waals surface area contributed by atoms with Crippen LogP contribution in [0.4, 0.5) is 0 Å². The lowest BCUT2D eigenvalue weighted by atomic mass is 10.2. The Morgan fingerprint density at radius 2 is 2.55 bits per heavy atom. The van der Waals surface area contributed by atoms with Gasteiger partial charge in [-0.2, -0.15) is 0 Å². The maximum Gasteiger partial charge on any atom is 0.184 e. The van der Waals surface area contributed by atoms with Crippen molar-refractivity contribution >= 4 is 5.78 Å². The molecule has 4 nitrogen and oxygen atoms in total. The minimum atomic E-state index is 0.00750. The van der Waals surface area contributed by atoms with Gasteiger partial charge in [0.1, 0.15) is 5.69 Å². The number of hydrogen-bond acceptors (Lipinski definition) is 3.